The lowest BCUT2D eigenvalue weighted by atomic mass is 10.5. The number of aromatic amines is 1. The van der Waals surface area contributed by atoms with Gasteiger partial charge in [-0.3, -0.25) is 9.78 Å². The second kappa shape index (κ2) is 2.82. The lowest BCUT2D eigenvalue weighted by Gasteiger charge is -2.25. The number of nitrogen functional groups attached to an aromatic ring is 2. The first-order valence-electron chi connectivity index (χ1n) is 3.48. The number of H-pyrrole nitrogens is 1. The molecule has 1 aromatic heterocycles. The van der Waals surface area contributed by atoms with Crippen molar-refractivity contribution < 1.29 is 17.0 Å². The highest BCUT2D eigenvalue weighted by Gasteiger charge is 2.38. The van der Waals surface area contributed by atoms with Crippen LogP contribution in [0.5, 0.6) is 0 Å². The van der Waals surface area contributed by atoms with Gasteiger partial charge in [0.15, 0.2) is 5.82 Å². The van der Waals surface area contributed by atoms with Gasteiger partial charge in [0.05, 0.1) is 0 Å². The van der Waals surface area contributed by atoms with Crippen LogP contribution in [-0.2, 0) is 19.0 Å². The lowest BCUT2D eigenvalue weighted by Crippen LogP contribution is -2.43. The number of anilines is 3. The van der Waals surface area contributed by atoms with E-state index in [0.29, 0.717) is 5.23 Å². The molecule has 15 heavy (non-hydrogen) atoms. The summed E-state index contributed by atoms with van der Waals surface area (Å²) in [4.78, 5) is 16.7. The fraction of sp³-hybridized carbons (Fsp3) is 0. The highest BCUT2D eigenvalue weighted by molar-refractivity contribution is 7.82. The van der Waals surface area contributed by atoms with E-state index in [9.17, 15) is 13.2 Å². The molecule has 1 saturated heterocycles. The lowest BCUT2D eigenvalue weighted by molar-refractivity contribution is -0.0229. The molecule has 2 rings (SSSR count). The number of nitrogens with zero attached hydrogens (tertiary/aromatic N) is 2. The first-order chi connectivity index (χ1) is 6.89. The molecule has 0 saturated carbocycles. The predicted octanol–water partition coefficient (Wildman–Crippen LogP) is -2.14. The minimum atomic E-state index is -4.02. The second-order valence-corrected chi connectivity index (χ2v) is 3.62. The van der Waals surface area contributed by atoms with Crippen LogP contribution in [-0.4, -0.2) is 18.4 Å². The van der Waals surface area contributed by atoms with Crippen LogP contribution in [0.4, 0.5) is 17.5 Å². The Hall–Kier alpha value is -1.85. The van der Waals surface area contributed by atoms with Gasteiger partial charge < -0.3 is 11.5 Å². The van der Waals surface area contributed by atoms with E-state index in [1.165, 1.54) is 0 Å². The van der Waals surface area contributed by atoms with Gasteiger partial charge in [-0.05, 0) is 0 Å². The summed E-state index contributed by atoms with van der Waals surface area (Å²) < 4.78 is 29.1. The van der Waals surface area contributed by atoms with E-state index < -0.39 is 16.0 Å². The molecule has 1 aliphatic heterocycles. The zero-order valence-corrected chi connectivity index (χ0v) is 7.82. The molecular formula is C4H5N5O5S. The van der Waals surface area contributed by atoms with Crippen molar-refractivity contribution in [1.29, 1.82) is 0 Å². The Morgan fingerprint density at radius 3 is 2.40 bits per heavy atom. The molecule has 82 valence electrons. The molecule has 1 fully saturated rings. The molecule has 0 radical (unpaired) electrons. The maximum atomic E-state index is 11.1. The van der Waals surface area contributed by atoms with E-state index in [1.54, 1.807) is 0 Å². The Labute approximate surface area is 82.6 Å². The fourth-order valence-electron chi connectivity index (χ4n) is 0.816. The maximum absolute atomic E-state index is 11.1. The highest BCUT2D eigenvalue weighted by atomic mass is 32.3. The Kier molecular flexibility index (Phi) is 1.82. The van der Waals surface area contributed by atoms with E-state index in [2.05, 4.69) is 18.5 Å². The molecule has 0 amide bonds. The van der Waals surface area contributed by atoms with Gasteiger partial charge in [-0.15, -0.1) is 0 Å². The summed E-state index contributed by atoms with van der Waals surface area (Å²) in [6.45, 7) is 0. The standard InChI is InChI=1S/C4H5N5O5S/c5-1-2(6)7-4(8-3(1)10)9-13-15(11,12)14-9/h5H2,(H3,6,7,8,10). The van der Waals surface area contributed by atoms with Crippen molar-refractivity contribution >= 4 is 27.9 Å². The molecule has 2 heterocycles. The monoisotopic (exact) mass is 235 g/mol. The summed E-state index contributed by atoms with van der Waals surface area (Å²) in [7, 11) is -4.02. The number of aromatic nitrogens is 2. The van der Waals surface area contributed by atoms with Crippen molar-refractivity contribution in [2.24, 2.45) is 0 Å². The first-order valence-corrected chi connectivity index (χ1v) is 4.82. The van der Waals surface area contributed by atoms with E-state index >= 15 is 0 Å². The number of nitrogens with one attached hydrogen (secondary N) is 1. The fourth-order valence-corrected chi connectivity index (χ4v) is 1.30. The third kappa shape index (κ3) is 1.58. The molecule has 1 aromatic rings. The molecule has 0 atom stereocenters. The summed E-state index contributed by atoms with van der Waals surface area (Å²) in [5.74, 6) is -0.577. The van der Waals surface area contributed by atoms with Crippen LogP contribution < -0.4 is 22.3 Å². The molecule has 0 aliphatic carbocycles. The molecule has 11 heteroatoms. The molecule has 1 aliphatic rings. The van der Waals surface area contributed by atoms with Crippen LogP contribution in [0.2, 0.25) is 0 Å². The minimum absolute atomic E-state index is 0.259. The number of hydrogen-bond acceptors (Lipinski definition) is 9. The van der Waals surface area contributed by atoms with Crippen molar-refractivity contribution in [3.05, 3.63) is 10.4 Å². The average Bonchev–Trinajstić information content (AvgIpc) is 2.09. The summed E-state index contributed by atoms with van der Waals surface area (Å²) in [6.07, 6.45) is 0. The normalized spacial score (nSPS) is 18.5. The van der Waals surface area contributed by atoms with E-state index in [4.69, 9.17) is 11.5 Å². The number of nitrogens with two attached hydrogens (primary N) is 2. The second-order valence-electron chi connectivity index (χ2n) is 2.50. The van der Waals surface area contributed by atoms with E-state index in [1.807, 2.05) is 0 Å². The van der Waals surface area contributed by atoms with Gasteiger partial charge >= 0.3 is 10.4 Å². The van der Waals surface area contributed by atoms with Crippen LogP contribution in [0.3, 0.4) is 0 Å². The van der Waals surface area contributed by atoms with Crippen LogP contribution >= 0.6 is 0 Å². The average molecular weight is 235 g/mol. The minimum Gasteiger partial charge on any atom is -0.391 e. The summed E-state index contributed by atoms with van der Waals surface area (Å²) in [5.41, 5.74) is 9.47. The van der Waals surface area contributed by atoms with Crippen molar-refractivity contribution in [3.8, 4) is 0 Å². The van der Waals surface area contributed by atoms with Gasteiger partial charge in [0, 0.05) is 0 Å². The molecule has 0 unspecified atom stereocenters. The summed E-state index contributed by atoms with van der Waals surface area (Å²) in [5, 5.41) is 0.381. The number of hydrogen-bond donors (Lipinski definition) is 3. The molecule has 0 aromatic carbocycles. The molecule has 10 nitrogen and oxygen atoms in total. The van der Waals surface area contributed by atoms with E-state index in [0.717, 1.165) is 0 Å². The maximum Gasteiger partial charge on any atom is 0.446 e. The summed E-state index contributed by atoms with van der Waals surface area (Å²) >= 11 is 0. The van der Waals surface area contributed by atoms with Crippen LogP contribution in [0.1, 0.15) is 0 Å². The number of rotatable bonds is 1. The van der Waals surface area contributed by atoms with Gasteiger partial charge in [0.25, 0.3) is 11.5 Å². The summed E-state index contributed by atoms with van der Waals surface area (Å²) in [6, 6.07) is 0. The topological polar surface area (TPSA) is 154 Å². The van der Waals surface area contributed by atoms with Gasteiger partial charge in [0.2, 0.25) is 0 Å². The Bertz CT molecular complexity index is 551. The van der Waals surface area contributed by atoms with Crippen LogP contribution in [0.25, 0.3) is 0 Å². The molecule has 0 bridgehead atoms. The van der Waals surface area contributed by atoms with Crippen molar-refractivity contribution in [2.75, 3.05) is 16.7 Å². The quantitative estimate of drug-likeness (QED) is 0.494. The first kappa shape index (κ1) is 9.70. The zero-order chi connectivity index (χ0) is 11.2. The van der Waals surface area contributed by atoms with Gasteiger partial charge in [-0.25, -0.2) is 0 Å². The molecular weight excluding hydrogens is 230 g/mol. The van der Waals surface area contributed by atoms with Crippen molar-refractivity contribution in [3.63, 3.8) is 0 Å². The molecule has 0 spiro atoms. The predicted molar refractivity (Wildman–Crippen MR) is 47.3 cm³/mol. The smallest absolute Gasteiger partial charge is 0.391 e. The van der Waals surface area contributed by atoms with Crippen molar-refractivity contribution in [1.82, 2.24) is 9.97 Å². The molecule has 5 N–H and O–H groups in total. The van der Waals surface area contributed by atoms with Gasteiger partial charge in [0.1, 0.15) is 5.69 Å². The van der Waals surface area contributed by atoms with Crippen molar-refractivity contribution in [2.45, 2.75) is 0 Å². The van der Waals surface area contributed by atoms with Crippen LogP contribution in [0, 0.1) is 0 Å². The SMILES string of the molecule is Nc1nc(N2OS(=O)(=O)O2)[nH]c(=O)c1N. The largest absolute Gasteiger partial charge is 0.446 e. The van der Waals surface area contributed by atoms with Crippen LogP contribution in [0.15, 0.2) is 4.79 Å². The Morgan fingerprint density at radius 1 is 1.33 bits per heavy atom. The third-order valence-corrected chi connectivity index (χ3v) is 2.10. The third-order valence-electron chi connectivity index (χ3n) is 1.46. The van der Waals surface area contributed by atoms with Gasteiger partial charge in [-0.2, -0.15) is 13.4 Å². The Balaban J connectivity index is 2.36. The van der Waals surface area contributed by atoms with E-state index in [-0.39, 0.29) is 17.5 Å². The zero-order valence-electron chi connectivity index (χ0n) is 7.00. The highest BCUT2D eigenvalue weighted by Crippen LogP contribution is 2.22. The Morgan fingerprint density at radius 2 is 1.93 bits per heavy atom. The van der Waals surface area contributed by atoms with Gasteiger partial charge in [-0.1, -0.05) is 13.8 Å².